The van der Waals surface area contributed by atoms with Crippen molar-refractivity contribution < 1.29 is 14.3 Å². The molecule has 0 radical (unpaired) electrons. The van der Waals surface area contributed by atoms with E-state index in [-0.39, 0.29) is 6.03 Å². The number of nitrogens with zero attached hydrogens (tertiary/aromatic N) is 1. The summed E-state index contributed by atoms with van der Waals surface area (Å²) >= 11 is 8.02. The molecule has 4 rings (SSSR count). The Kier molecular flexibility index (Phi) is 4.72. The van der Waals surface area contributed by atoms with Crippen molar-refractivity contribution in [1.29, 1.82) is 0 Å². The van der Waals surface area contributed by atoms with Crippen LogP contribution in [0, 0.1) is 0 Å². The minimum absolute atomic E-state index is 0.0134. The molecule has 0 atom stereocenters. The molecule has 0 bridgehead atoms. The fourth-order valence-electron chi connectivity index (χ4n) is 3.16. The fourth-order valence-corrected chi connectivity index (χ4v) is 4.33. The van der Waals surface area contributed by atoms with Crippen LogP contribution in [-0.2, 0) is 19.4 Å². The standard InChI is InChI=1S/C18H19ClN2O3S/c19-14-9-12(10-15-17(14)24-7-6-23-15)1-4-20-18(22)21-5-2-16-13(11-21)3-8-25-16/h3,8-10H,1-2,4-7,11H2,(H,20,22). The maximum atomic E-state index is 12.4. The molecule has 5 nitrogen and oxygen atoms in total. The van der Waals surface area contributed by atoms with Crippen LogP contribution < -0.4 is 14.8 Å². The number of nitrogens with one attached hydrogen (secondary N) is 1. The summed E-state index contributed by atoms with van der Waals surface area (Å²) in [7, 11) is 0. The van der Waals surface area contributed by atoms with Gasteiger partial charge < -0.3 is 19.7 Å². The monoisotopic (exact) mass is 378 g/mol. The first-order valence-electron chi connectivity index (χ1n) is 8.37. The third-order valence-corrected chi connectivity index (χ3v) is 5.75. The Bertz CT molecular complexity index is 793. The van der Waals surface area contributed by atoms with Crippen molar-refractivity contribution in [3.05, 3.63) is 44.6 Å². The van der Waals surface area contributed by atoms with E-state index < -0.39 is 0 Å². The molecule has 2 aliphatic heterocycles. The summed E-state index contributed by atoms with van der Waals surface area (Å²) in [4.78, 5) is 15.6. The Balaban J connectivity index is 1.32. The SMILES string of the molecule is O=C(NCCc1cc(Cl)c2c(c1)OCCO2)N1CCc2sccc2C1. The molecule has 0 fully saturated rings. The molecule has 2 amide bonds. The smallest absolute Gasteiger partial charge is 0.317 e. The molecule has 1 aromatic heterocycles. The number of thiophene rings is 1. The van der Waals surface area contributed by atoms with E-state index in [9.17, 15) is 4.79 Å². The lowest BCUT2D eigenvalue weighted by Gasteiger charge is -2.27. The van der Waals surface area contributed by atoms with Crippen LogP contribution in [0.5, 0.6) is 11.5 Å². The van der Waals surface area contributed by atoms with Gasteiger partial charge in [0.15, 0.2) is 11.5 Å². The van der Waals surface area contributed by atoms with Crippen LogP contribution in [0.1, 0.15) is 16.0 Å². The molecule has 3 heterocycles. The zero-order chi connectivity index (χ0) is 17.2. The average molecular weight is 379 g/mol. The molecule has 132 valence electrons. The predicted molar refractivity (Wildman–Crippen MR) is 98.0 cm³/mol. The van der Waals surface area contributed by atoms with Crippen LogP contribution >= 0.6 is 22.9 Å². The highest BCUT2D eigenvalue weighted by atomic mass is 35.5. The average Bonchev–Trinajstić information content (AvgIpc) is 3.09. The molecular weight excluding hydrogens is 360 g/mol. The highest BCUT2D eigenvalue weighted by Gasteiger charge is 2.21. The van der Waals surface area contributed by atoms with Crippen molar-refractivity contribution in [2.24, 2.45) is 0 Å². The molecule has 0 saturated carbocycles. The van der Waals surface area contributed by atoms with E-state index in [0.29, 0.717) is 49.2 Å². The van der Waals surface area contributed by atoms with Crippen LogP contribution in [-0.4, -0.2) is 37.2 Å². The highest BCUT2D eigenvalue weighted by molar-refractivity contribution is 7.10. The first-order chi connectivity index (χ1) is 12.2. The van der Waals surface area contributed by atoms with Gasteiger partial charge in [0.25, 0.3) is 0 Å². The van der Waals surface area contributed by atoms with Crippen molar-refractivity contribution >= 4 is 29.0 Å². The number of hydrogen-bond donors (Lipinski definition) is 1. The summed E-state index contributed by atoms with van der Waals surface area (Å²) in [6.45, 7) is 3.07. The maximum absolute atomic E-state index is 12.4. The Hall–Kier alpha value is -1.92. The van der Waals surface area contributed by atoms with Crippen LogP contribution in [0.15, 0.2) is 23.6 Å². The topological polar surface area (TPSA) is 50.8 Å². The summed E-state index contributed by atoms with van der Waals surface area (Å²) in [5.74, 6) is 1.29. The Morgan fingerprint density at radius 1 is 1.32 bits per heavy atom. The van der Waals surface area contributed by atoms with E-state index in [2.05, 4.69) is 16.8 Å². The number of amides is 2. The number of carbonyl (C=O) groups excluding carboxylic acids is 1. The molecule has 7 heteroatoms. The second-order valence-corrected chi connectivity index (χ2v) is 7.53. The zero-order valence-electron chi connectivity index (χ0n) is 13.7. The van der Waals surface area contributed by atoms with Gasteiger partial charge in [-0.25, -0.2) is 4.79 Å². The van der Waals surface area contributed by atoms with Crippen LogP contribution in [0.3, 0.4) is 0 Å². The molecule has 2 aromatic rings. The predicted octanol–water partition coefficient (Wildman–Crippen LogP) is 3.48. The molecule has 0 saturated heterocycles. The van der Waals surface area contributed by atoms with Gasteiger partial charge in [-0.2, -0.15) is 0 Å². The zero-order valence-corrected chi connectivity index (χ0v) is 15.3. The Morgan fingerprint density at radius 2 is 2.20 bits per heavy atom. The third kappa shape index (κ3) is 3.55. The second-order valence-electron chi connectivity index (χ2n) is 6.12. The van der Waals surface area contributed by atoms with Gasteiger partial charge in [0.1, 0.15) is 13.2 Å². The van der Waals surface area contributed by atoms with E-state index in [4.69, 9.17) is 21.1 Å². The van der Waals surface area contributed by atoms with E-state index in [1.54, 1.807) is 11.3 Å². The van der Waals surface area contributed by atoms with Crippen molar-refractivity contribution in [2.75, 3.05) is 26.3 Å². The van der Waals surface area contributed by atoms with Gasteiger partial charge in [0, 0.05) is 24.5 Å². The Labute approximate surface area is 155 Å². The maximum Gasteiger partial charge on any atom is 0.317 e. The number of halogens is 1. The summed E-state index contributed by atoms with van der Waals surface area (Å²) in [6, 6.07) is 5.90. The van der Waals surface area contributed by atoms with Gasteiger partial charge in [-0.15, -0.1) is 11.3 Å². The molecule has 25 heavy (non-hydrogen) atoms. The molecule has 2 aliphatic rings. The minimum atomic E-state index is -0.0134. The quantitative estimate of drug-likeness (QED) is 0.889. The van der Waals surface area contributed by atoms with Crippen LogP contribution in [0.25, 0.3) is 0 Å². The lowest BCUT2D eigenvalue weighted by molar-refractivity contribution is 0.171. The summed E-state index contributed by atoms with van der Waals surface area (Å²) < 4.78 is 11.1. The second kappa shape index (κ2) is 7.14. The summed E-state index contributed by atoms with van der Waals surface area (Å²) in [5, 5.41) is 5.65. The summed E-state index contributed by atoms with van der Waals surface area (Å²) in [5.41, 5.74) is 2.29. The van der Waals surface area contributed by atoms with Crippen molar-refractivity contribution in [3.63, 3.8) is 0 Å². The van der Waals surface area contributed by atoms with E-state index >= 15 is 0 Å². The number of carbonyl (C=O) groups is 1. The van der Waals surface area contributed by atoms with Crippen molar-refractivity contribution in [3.8, 4) is 11.5 Å². The lowest BCUT2D eigenvalue weighted by atomic mass is 10.1. The Morgan fingerprint density at radius 3 is 3.12 bits per heavy atom. The molecule has 1 N–H and O–H groups in total. The molecule has 1 aromatic carbocycles. The molecular formula is C18H19ClN2O3S. The van der Waals surface area contributed by atoms with E-state index in [1.165, 1.54) is 10.4 Å². The normalized spacial score (nSPS) is 15.6. The first-order valence-corrected chi connectivity index (χ1v) is 9.62. The number of benzene rings is 1. The fraction of sp³-hybridized carbons (Fsp3) is 0.389. The molecule has 0 aliphatic carbocycles. The van der Waals surface area contributed by atoms with E-state index in [1.807, 2.05) is 17.0 Å². The van der Waals surface area contributed by atoms with Gasteiger partial charge in [0.05, 0.1) is 5.02 Å². The van der Waals surface area contributed by atoms with E-state index in [0.717, 1.165) is 18.5 Å². The third-order valence-electron chi connectivity index (χ3n) is 4.44. The van der Waals surface area contributed by atoms with Gasteiger partial charge in [0.2, 0.25) is 0 Å². The summed E-state index contributed by atoms with van der Waals surface area (Å²) in [6.07, 6.45) is 1.64. The van der Waals surface area contributed by atoms with Crippen LogP contribution in [0.4, 0.5) is 4.79 Å². The van der Waals surface area contributed by atoms with Gasteiger partial charge in [-0.3, -0.25) is 0 Å². The first kappa shape index (κ1) is 16.5. The highest BCUT2D eigenvalue weighted by Crippen LogP contribution is 2.38. The number of ether oxygens (including phenoxy) is 2. The number of urea groups is 1. The molecule has 0 unspecified atom stereocenters. The lowest BCUT2D eigenvalue weighted by Crippen LogP contribution is -2.43. The number of rotatable bonds is 3. The van der Waals surface area contributed by atoms with Crippen molar-refractivity contribution in [1.82, 2.24) is 10.2 Å². The number of fused-ring (bicyclic) bond motifs is 2. The van der Waals surface area contributed by atoms with Gasteiger partial charge >= 0.3 is 6.03 Å². The van der Waals surface area contributed by atoms with Crippen LogP contribution in [0.2, 0.25) is 5.02 Å². The molecule has 0 spiro atoms. The number of hydrogen-bond acceptors (Lipinski definition) is 4. The van der Waals surface area contributed by atoms with Crippen molar-refractivity contribution in [2.45, 2.75) is 19.4 Å². The minimum Gasteiger partial charge on any atom is -0.486 e. The van der Waals surface area contributed by atoms with Gasteiger partial charge in [-0.05, 0) is 47.5 Å². The van der Waals surface area contributed by atoms with Gasteiger partial charge in [-0.1, -0.05) is 11.6 Å². The largest absolute Gasteiger partial charge is 0.486 e.